The summed E-state index contributed by atoms with van der Waals surface area (Å²) in [7, 11) is -2.94. The quantitative estimate of drug-likeness (QED) is 0.410. The fourth-order valence-corrected chi connectivity index (χ4v) is 5.31. The zero-order valence-corrected chi connectivity index (χ0v) is 23.6. The van der Waals surface area contributed by atoms with E-state index in [1.165, 1.54) is 29.2 Å². The third-order valence-corrected chi connectivity index (χ3v) is 7.97. The molecule has 0 saturated heterocycles. The molecule has 7 heteroatoms. The first-order valence-corrected chi connectivity index (χ1v) is 14.8. The maximum atomic E-state index is 11.1. The van der Waals surface area contributed by atoms with Crippen LogP contribution in [-0.4, -0.2) is 37.9 Å². The number of carbonyl (C=O) groups is 1. The van der Waals surface area contributed by atoms with Gasteiger partial charge in [-0.25, -0.2) is 13.1 Å². The normalized spacial score (nSPS) is 16.0. The average molecular weight is 520 g/mol. The molecule has 0 heterocycles. The molecule has 0 amide bonds. The Hall–Kier alpha value is -1.96. The van der Waals surface area contributed by atoms with E-state index in [4.69, 9.17) is 9.47 Å². The molecule has 6 nitrogen and oxygen atoms in total. The average Bonchev–Trinajstić information content (AvgIpc) is 3.56. The first-order valence-electron chi connectivity index (χ1n) is 13.3. The lowest BCUT2D eigenvalue weighted by atomic mass is 10.1. The van der Waals surface area contributed by atoms with Crippen LogP contribution < -0.4 is 4.72 Å². The van der Waals surface area contributed by atoms with Crippen molar-refractivity contribution in [1.82, 2.24) is 4.72 Å². The summed E-state index contributed by atoms with van der Waals surface area (Å²) in [5, 5.41) is 2.48. The molecule has 1 N–H and O–H groups in total. The van der Waals surface area contributed by atoms with Crippen molar-refractivity contribution >= 4 is 26.8 Å². The fraction of sp³-hybridized carbons (Fsp3) is 0.621. The van der Waals surface area contributed by atoms with E-state index in [0.29, 0.717) is 6.61 Å². The number of carbonyl (C=O) groups excluding carboxylic acids is 1. The molecule has 0 atom stereocenters. The SMILES string of the molecule is CC(C)C(=O)OC1CCCC1.CC(C)NS(=O)(=O)C1CC1.CC(C)OCc1ccc2ccccc2c1. The van der Waals surface area contributed by atoms with Crippen molar-refractivity contribution < 1.29 is 22.7 Å². The summed E-state index contributed by atoms with van der Waals surface area (Å²) in [6.45, 7) is 12.2. The summed E-state index contributed by atoms with van der Waals surface area (Å²) in [5.74, 6) is -0.0208. The van der Waals surface area contributed by atoms with Gasteiger partial charge in [-0.3, -0.25) is 4.79 Å². The van der Waals surface area contributed by atoms with Gasteiger partial charge in [-0.2, -0.15) is 0 Å². The standard InChI is InChI=1S/C14H16O.C9H16O2.C6H13NO2S/c1-11(2)15-10-12-7-8-13-5-3-4-6-14(13)9-12;1-7(2)9(10)11-8-5-3-4-6-8;1-5(2)7-10(8,9)6-3-4-6/h3-9,11H,10H2,1-2H3;7-8H,3-6H2,1-2H3;5-7H,3-4H2,1-2H3. The highest BCUT2D eigenvalue weighted by Gasteiger charge is 2.35. The molecule has 0 spiro atoms. The second-order valence-corrected chi connectivity index (χ2v) is 12.5. The zero-order chi connectivity index (χ0) is 26.7. The van der Waals surface area contributed by atoms with Crippen LogP contribution in [0.3, 0.4) is 0 Å². The van der Waals surface area contributed by atoms with Crippen LogP contribution in [0.5, 0.6) is 0 Å². The molecule has 2 aliphatic rings. The van der Waals surface area contributed by atoms with E-state index in [1.54, 1.807) is 0 Å². The maximum Gasteiger partial charge on any atom is 0.308 e. The van der Waals surface area contributed by atoms with Crippen LogP contribution in [0.1, 0.15) is 85.6 Å². The molecular formula is C29H45NO5S. The van der Waals surface area contributed by atoms with Gasteiger partial charge >= 0.3 is 5.97 Å². The number of nitrogens with one attached hydrogen (secondary N) is 1. The first-order chi connectivity index (χ1) is 17.0. The summed E-state index contributed by atoms with van der Waals surface area (Å²) < 4.78 is 35.5. The van der Waals surface area contributed by atoms with Crippen molar-refractivity contribution in [3.05, 3.63) is 48.0 Å². The van der Waals surface area contributed by atoms with E-state index >= 15 is 0 Å². The molecule has 2 aromatic carbocycles. The van der Waals surface area contributed by atoms with Crippen molar-refractivity contribution in [2.45, 2.75) is 110 Å². The number of fused-ring (bicyclic) bond motifs is 1. The molecule has 2 aliphatic carbocycles. The van der Waals surface area contributed by atoms with E-state index < -0.39 is 10.0 Å². The van der Waals surface area contributed by atoms with Gasteiger partial charge in [0.15, 0.2) is 0 Å². The number of benzene rings is 2. The van der Waals surface area contributed by atoms with Crippen molar-refractivity contribution in [1.29, 1.82) is 0 Å². The van der Waals surface area contributed by atoms with Gasteiger partial charge in [0, 0.05) is 6.04 Å². The van der Waals surface area contributed by atoms with Crippen molar-refractivity contribution in [2.75, 3.05) is 0 Å². The van der Waals surface area contributed by atoms with Gasteiger partial charge in [0.25, 0.3) is 0 Å². The number of esters is 1. The predicted molar refractivity (Wildman–Crippen MR) is 147 cm³/mol. The zero-order valence-electron chi connectivity index (χ0n) is 22.8. The Bertz CT molecular complexity index is 1040. The van der Waals surface area contributed by atoms with Crippen LogP contribution in [0.25, 0.3) is 10.8 Å². The van der Waals surface area contributed by atoms with E-state index in [9.17, 15) is 13.2 Å². The van der Waals surface area contributed by atoms with E-state index in [1.807, 2.05) is 27.7 Å². The molecule has 0 unspecified atom stereocenters. The highest BCUT2D eigenvalue weighted by atomic mass is 32.2. The first kappa shape index (κ1) is 30.3. The Morgan fingerprint density at radius 1 is 0.917 bits per heavy atom. The largest absolute Gasteiger partial charge is 0.462 e. The summed E-state index contributed by atoms with van der Waals surface area (Å²) in [4.78, 5) is 11.1. The second-order valence-electron chi connectivity index (χ2n) is 10.6. The fourth-order valence-electron chi connectivity index (χ4n) is 3.70. The van der Waals surface area contributed by atoms with Crippen molar-refractivity contribution in [3.8, 4) is 0 Å². The molecular weight excluding hydrogens is 474 g/mol. The van der Waals surface area contributed by atoms with Gasteiger partial charge in [-0.15, -0.1) is 0 Å². The number of ether oxygens (including phenoxy) is 2. The minimum absolute atomic E-state index is 0.0237. The van der Waals surface area contributed by atoms with E-state index in [-0.39, 0.29) is 35.4 Å². The molecule has 36 heavy (non-hydrogen) atoms. The topological polar surface area (TPSA) is 81.7 Å². The van der Waals surface area contributed by atoms with Crippen molar-refractivity contribution in [2.24, 2.45) is 5.92 Å². The number of hydrogen-bond acceptors (Lipinski definition) is 5. The lowest BCUT2D eigenvalue weighted by Crippen LogP contribution is -2.32. The third kappa shape index (κ3) is 11.4. The summed E-state index contributed by atoms with van der Waals surface area (Å²) in [6, 6.07) is 14.9. The maximum absolute atomic E-state index is 11.1. The molecule has 2 aromatic rings. The molecule has 2 saturated carbocycles. The van der Waals surface area contributed by atoms with Gasteiger partial charge in [0.1, 0.15) is 6.10 Å². The minimum Gasteiger partial charge on any atom is -0.462 e. The lowest BCUT2D eigenvalue weighted by Gasteiger charge is -2.12. The third-order valence-electron chi connectivity index (χ3n) is 5.82. The highest BCUT2D eigenvalue weighted by molar-refractivity contribution is 7.90. The van der Waals surface area contributed by atoms with Crippen LogP contribution in [0.2, 0.25) is 0 Å². The number of rotatable bonds is 8. The van der Waals surface area contributed by atoms with Crippen LogP contribution >= 0.6 is 0 Å². The van der Waals surface area contributed by atoms with Crippen LogP contribution in [0, 0.1) is 5.92 Å². The molecule has 0 aliphatic heterocycles. The minimum atomic E-state index is -2.94. The van der Waals surface area contributed by atoms with Gasteiger partial charge < -0.3 is 9.47 Å². The summed E-state index contributed by atoms with van der Waals surface area (Å²) in [5.41, 5.74) is 1.24. The Balaban J connectivity index is 0.000000196. The molecule has 2 fully saturated rings. The second kappa shape index (κ2) is 14.7. The lowest BCUT2D eigenvalue weighted by molar-refractivity contribution is -0.152. The summed E-state index contributed by atoms with van der Waals surface area (Å²) >= 11 is 0. The van der Waals surface area contributed by atoms with Gasteiger partial charge in [-0.05, 0) is 88.6 Å². The predicted octanol–water partition coefficient (Wildman–Crippen LogP) is 6.37. The number of hydrogen-bond donors (Lipinski definition) is 1. The Kier molecular flexibility index (Phi) is 12.4. The monoisotopic (exact) mass is 519 g/mol. The van der Waals surface area contributed by atoms with Gasteiger partial charge in [0.05, 0.1) is 23.9 Å². The van der Waals surface area contributed by atoms with Crippen molar-refractivity contribution in [3.63, 3.8) is 0 Å². The molecule has 4 rings (SSSR count). The molecule has 202 valence electrons. The van der Waals surface area contributed by atoms with Gasteiger partial charge in [0.2, 0.25) is 10.0 Å². The summed E-state index contributed by atoms with van der Waals surface area (Å²) in [6.07, 6.45) is 6.76. The van der Waals surface area contributed by atoms with Gasteiger partial charge in [-0.1, -0.05) is 50.2 Å². The smallest absolute Gasteiger partial charge is 0.308 e. The van der Waals surface area contributed by atoms with Crippen LogP contribution in [0.4, 0.5) is 0 Å². The molecule has 0 radical (unpaired) electrons. The highest BCUT2D eigenvalue weighted by Crippen LogP contribution is 2.27. The molecule has 0 aromatic heterocycles. The van der Waals surface area contributed by atoms with E-state index in [0.717, 1.165) is 25.7 Å². The van der Waals surface area contributed by atoms with Crippen LogP contribution in [0.15, 0.2) is 42.5 Å². The van der Waals surface area contributed by atoms with E-state index in [2.05, 4.69) is 61.0 Å². The molecule has 0 bridgehead atoms. The Morgan fingerprint density at radius 3 is 2.06 bits per heavy atom. The Labute approximate surface area is 218 Å². The van der Waals surface area contributed by atoms with Crippen LogP contribution in [-0.2, 0) is 30.9 Å². The Morgan fingerprint density at radius 2 is 1.53 bits per heavy atom. The number of sulfonamides is 1.